The lowest BCUT2D eigenvalue weighted by atomic mass is 10.0. The van der Waals surface area contributed by atoms with E-state index in [0.29, 0.717) is 12.0 Å². The molecule has 0 aromatic heterocycles. The molecule has 2 amide bonds. The Morgan fingerprint density at radius 3 is 2.43 bits per heavy atom. The van der Waals surface area contributed by atoms with Gasteiger partial charge in [0, 0.05) is 30.3 Å². The minimum absolute atomic E-state index is 0.0175. The lowest BCUT2D eigenvalue weighted by Gasteiger charge is -2.29. The zero-order chi connectivity index (χ0) is 16.2. The summed E-state index contributed by atoms with van der Waals surface area (Å²) in [6.07, 6.45) is 4.65. The fourth-order valence-corrected chi connectivity index (χ4v) is 3.29. The van der Waals surface area contributed by atoms with Crippen LogP contribution in [0.3, 0.4) is 0 Å². The summed E-state index contributed by atoms with van der Waals surface area (Å²) < 4.78 is 0. The minimum atomic E-state index is -0.0175. The Bertz CT molecular complexity index is 562. The van der Waals surface area contributed by atoms with E-state index in [-0.39, 0.29) is 17.9 Å². The molecule has 124 valence electrons. The summed E-state index contributed by atoms with van der Waals surface area (Å²) in [4.78, 5) is 28.4. The first kappa shape index (κ1) is 16.0. The topological polar surface area (TPSA) is 52.7 Å². The Balaban J connectivity index is 1.60. The number of nitrogens with one attached hydrogen (secondary N) is 1. The maximum Gasteiger partial charge on any atom is 0.251 e. The van der Waals surface area contributed by atoms with Crippen molar-refractivity contribution in [3.05, 3.63) is 29.8 Å². The normalized spacial score (nSPS) is 20.6. The molecule has 3 rings (SSSR count). The molecule has 1 N–H and O–H groups in total. The van der Waals surface area contributed by atoms with Crippen molar-refractivity contribution in [3.63, 3.8) is 0 Å². The summed E-state index contributed by atoms with van der Waals surface area (Å²) in [5, 5.41) is 3.12. The number of carbonyl (C=O) groups excluding carboxylic acids is 2. The van der Waals surface area contributed by atoms with Gasteiger partial charge in [0.2, 0.25) is 5.91 Å². The molecule has 0 spiro atoms. The first-order valence-electron chi connectivity index (χ1n) is 8.53. The van der Waals surface area contributed by atoms with Crippen molar-refractivity contribution < 1.29 is 9.59 Å². The predicted octanol–water partition coefficient (Wildman–Crippen LogP) is 2.03. The Morgan fingerprint density at radius 1 is 1.09 bits per heavy atom. The predicted molar refractivity (Wildman–Crippen MR) is 90.6 cm³/mol. The van der Waals surface area contributed by atoms with E-state index >= 15 is 0 Å². The molecule has 2 fully saturated rings. The molecule has 0 saturated carbocycles. The summed E-state index contributed by atoms with van der Waals surface area (Å²) >= 11 is 0. The van der Waals surface area contributed by atoms with Gasteiger partial charge in [-0.15, -0.1) is 0 Å². The van der Waals surface area contributed by atoms with Gasteiger partial charge in [-0.2, -0.15) is 0 Å². The molecule has 0 atom stereocenters. The Morgan fingerprint density at radius 2 is 1.78 bits per heavy atom. The van der Waals surface area contributed by atoms with Crippen LogP contribution in [-0.2, 0) is 4.79 Å². The number of anilines is 1. The largest absolute Gasteiger partial charge is 0.349 e. The molecule has 2 heterocycles. The monoisotopic (exact) mass is 315 g/mol. The molecule has 1 aromatic rings. The van der Waals surface area contributed by atoms with Crippen LogP contribution in [-0.4, -0.2) is 49.4 Å². The summed E-state index contributed by atoms with van der Waals surface area (Å²) in [6.45, 7) is 2.84. The van der Waals surface area contributed by atoms with Crippen molar-refractivity contribution >= 4 is 17.5 Å². The summed E-state index contributed by atoms with van der Waals surface area (Å²) in [5.74, 6) is 0.163. The van der Waals surface area contributed by atoms with Gasteiger partial charge in [0.15, 0.2) is 0 Å². The average Bonchev–Trinajstić information content (AvgIpc) is 2.57. The highest BCUT2D eigenvalue weighted by Gasteiger charge is 2.21. The van der Waals surface area contributed by atoms with E-state index in [0.717, 1.165) is 51.0 Å². The molecule has 0 bridgehead atoms. The van der Waals surface area contributed by atoms with Crippen LogP contribution in [0.25, 0.3) is 0 Å². The molecule has 5 nitrogen and oxygen atoms in total. The summed E-state index contributed by atoms with van der Waals surface area (Å²) in [7, 11) is 2.11. The molecule has 2 aliphatic rings. The van der Waals surface area contributed by atoms with Gasteiger partial charge in [-0.3, -0.25) is 9.59 Å². The highest BCUT2D eigenvalue weighted by molar-refractivity contribution is 5.97. The van der Waals surface area contributed by atoms with Crippen LogP contribution < -0.4 is 10.2 Å². The molecular weight excluding hydrogens is 290 g/mol. The van der Waals surface area contributed by atoms with Gasteiger partial charge in [0.05, 0.1) is 0 Å². The Hall–Kier alpha value is -1.88. The average molecular weight is 315 g/mol. The fraction of sp³-hybridized carbons (Fsp3) is 0.556. The SMILES string of the molecule is CN1CCC(NC(=O)c2ccc(N3CCCCC3=O)cc2)CC1. The van der Waals surface area contributed by atoms with E-state index in [4.69, 9.17) is 0 Å². The Labute approximate surface area is 137 Å². The quantitative estimate of drug-likeness (QED) is 0.928. The summed E-state index contributed by atoms with van der Waals surface area (Å²) in [5.41, 5.74) is 1.56. The van der Waals surface area contributed by atoms with Gasteiger partial charge < -0.3 is 15.1 Å². The van der Waals surface area contributed by atoms with Crippen LogP contribution in [0.5, 0.6) is 0 Å². The highest BCUT2D eigenvalue weighted by atomic mass is 16.2. The van der Waals surface area contributed by atoms with Crippen molar-refractivity contribution in [2.45, 2.75) is 38.1 Å². The first-order valence-corrected chi connectivity index (χ1v) is 8.53. The molecule has 5 heteroatoms. The molecule has 23 heavy (non-hydrogen) atoms. The second kappa shape index (κ2) is 7.13. The van der Waals surface area contributed by atoms with Crippen molar-refractivity contribution in [2.24, 2.45) is 0 Å². The number of hydrogen-bond acceptors (Lipinski definition) is 3. The lowest BCUT2D eigenvalue weighted by Crippen LogP contribution is -2.43. The number of likely N-dealkylation sites (tertiary alicyclic amines) is 1. The minimum Gasteiger partial charge on any atom is -0.349 e. The molecule has 0 radical (unpaired) electrons. The van der Waals surface area contributed by atoms with Gasteiger partial charge in [-0.1, -0.05) is 0 Å². The highest BCUT2D eigenvalue weighted by Crippen LogP contribution is 2.21. The number of rotatable bonds is 3. The van der Waals surface area contributed by atoms with Crippen LogP contribution in [0.1, 0.15) is 42.5 Å². The third kappa shape index (κ3) is 3.91. The van der Waals surface area contributed by atoms with E-state index in [1.54, 1.807) is 0 Å². The molecular formula is C18H25N3O2. The van der Waals surface area contributed by atoms with E-state index in [9.17, 15) is 9.59 Å². The van der Waals surface area contributed by atoms with Crippen molar-refractivity contribution in [1.82, 2.24) is 10.2 Å². The fourth-order valence-electron chi connectivity index (χ4n) is 3.29. The third-order valence-electron chi connectivity index (χ3n) is 4.82. The number of benzene rings is 1. The van der Waals surface area contributed by atoms with Crippen LogP contribution in [0.15, 0.2) is 24.3 Å². The van der Waals surface area contributed by atoms with E-state index in [1.165, 1.54) is 0 Å². The number of amides is 2. The van der Waals surface area contributed by atoms with Crippen molar-refractivity contribution in [2.75, 3.05) is 31.6 Å². The van der Waals surface area contributed by atoms with Crippen LogP contribution in [0.4, 0.5) is 5.69 Å². The number of piperidine rings is 2. The van der Waals surface area contributed by atoms with Crippen LogP contribution in [0, 0.1) is 0 Å². The number of nitrogens with zero attached hydrogens (tertiary/aromatic N) is 2. The van der Waals surface area contributed by atoms with Crippen molar-refractivity contribution in [1.29, 1.82) is 0 Å². The molecule has 1 aromatic carbocycles. The number of carbonyl (C=O) groups is 2. The second-order valence-electron chi connectivity index (χ2n) is 6.60. The Kier molecular flexibility index (Phi) is 4.96. The van der Waals surface area contributed by atoms with E-state index in [2.05, 4.69) is 17.3 Å². The van der Waals surface area contributed by atoms with Gasteiger partial charge in [0.25, 0.3) is 5.91 Å². The van der Waals surface area contributed by atoms with E-state index in [1.807, 2.05) is 29.2 Å². The van der Waals surface area contributed by atoms with Crippen molar-refractivity contribution in [3.8, 4) is 0 Å². The smallest absolute Gasteiger partial charge is 0.251 e. The molecule has 0 unspecified atom stereocenters. The standard InChI is InChI=1S/C18H25N3O2/c1-20-12-9-15(10-13-20)19-18(23)14-5-7-16(8-6-14)21-11-3-2-4-17(21)22/h5-8,15H,2-4,9-13H2,1H3,(H,19,23). The van der Waals surface area contributed by atoms with E-state index < -0.39 is 0 Å². The molecule has 2 aliphatic heterocycles. The molecule has 2 saturated heterocycles. The van der Waals surface area contributed by atoms with Crippen LogP contribution >= 0.6 is 0 Å². The van der Waals surface area contributed by atoms with Gasteiger partial charge in [-0.25, -0.2) is 0 Å². The molecule has 0 aliphatic carbocycles. The van der Waals surface area contributed by atoms with Gasteiger partial charge >= 0.3 is 0 Å². The maximum absolute atomic E-state index is 12.3. The zero-order valence-electron chi connectivity index (χ0n) is 13.8. The van der Waals surface area contributed by atoms with Gasteiger partial charge in [-0.05, 0) is 70.1 Å². The summed E-state index contributed by atoms with van der Waals surface area (Å²) in [6, 6.07) is 7.67. The lowest BCUT2D eigenvalue weighted by molar-refractivity contribution is -0.119. The van der Waals surface area contributed by atoms with Gasteiger partial charge in [0.1, 0.15) is 0 Å². The zero-order valence-corrected chi connectivity index (χ0v) is 13.8. The third-order valence-corrected chi connectivity index (χ3v) is 4.82. The maximum atomic E-state index is 12.3. The first-order chi connectivity index (χ1) is 11.1. The second-order valence-corrected chi connectivity index (χ2v) is 6.60. The van der Waals surface area contributed by atoms with Crippen LogP contribution in [0.2, 0.25) is 0 Å². The number of hydrogen-bond donors (Lipinski definition) is 1.